The number of carbonyl (C=O) groups is 3. The standard InChI is InChI=1S/C10H18N2O3.C9H17NO2.C2H6/c1-2-15-9(13)7-8-3-5-12(6-4-8)10(11)14;1-2-12-9(11)7-8-3-5-10-6-4-8;1-2/h8H,2-7H2,1H3,(H2,11,14);8,10H,2-7H2,1H3;1-2H3. The molecular formula is C21H41N3O5. The van der Waals surface area contributed by atoms with Gasteiger partial charge in [-0.15, -0.1) is 0 Å². The molecule has 2 rings (SSSR count). The van der Waals surface area contributed by atoms with Crippen LogP contribution in [0.4, 0.5) is 4.79 Å². The highest BCUT2D eigenvalue weighted by Crippen LogP contribution is 2.20. The highest BCUT2D eigenvalue weighted by atomic mass is 16.5. The zero-order chi connectivity index (χ0) is 22.1. The van der Waals surface area contributed by atoms with Crippen LogP contribution in [0.2, 0.25) is 0 Å². The molecule has 170 valence electrons. The van der Waals surface area contributed by atoms with Gasteiger partial charge < -0.3 is 25.4 Å². The van der Waals surface area contributed by atoms with Crippen molar-refractivity contribution in [1.82, 2.24) is 10.2 Å². The molecule has 0 unspecified atom stereocenters. The minimum absolute atomic E-state index is 0.0376. The van der Waals surface area contributed by atoms with Gasteiger partial charge in [0.1, 0.15) is 0 Å². The van der Waals surface area contributed by atoms with Crippen LogP contribution in [0.5, 0.6) is 0 Å². The summed E-state index contributed by atoms with van der Waals surface area (Å²) in [6.45, 7) is 12.0. The number of nitrogens with zero attached hydrogens (tertiary/aromatic N) is 1. The zero-order valence-corrected chi connectivity index (χ0v) is 18.7. The molecule has 2 aliphatic rings. The third kappa shape index (κ3) is 13.1. The Balaban J connectivity index is 0.000000508. The number of likely N-dealkylation sites (tertiary alicyclic amines) is 1. The lowest BCUT2D eigenvalue weighted by Crippen LogP contribution is -2.42. The third-order valence-electron chi connectivity index (χ3n) is 4.91. The molecule has 8 heteroatoms. The van der Waals surface area contributed by atoms with E-state index in [0.717, 1.165) is 38.8 Å². The molecule has 8 nitrogen and oxygen atoms in total. The van der Waals surface area contributed by atoms with E-state index in [4.69, 9.17) is 15.2 Å². The van der Waals surface area contributed by atoms with E-state index >= 15 is 0 Å². The van der Waals surface area contributed by atoms with Crippen LogP contribution in [-0.4, -0.2) is 62.3 Å². The van der Waals surface area contributed by atoms with E-state index in [1.54, 1.807) is 11.8 Å². The van der Waals surface area contributed by atoms with E-state index in [0.29, 0.717) is 51.0 Å². The number of esters is 2. The molecule has 2 fully saturated rings. The van der Waals surface area contributed by atoms with Crippen molar-refractivity contribution >= 4 is 18.0 Å². The number of amides is 2. The minimum atomic E-state index is -0.371. The van der Waals surface area contributed by atoms with Crippen LogP contribution in [0.15, 0.2) is 0 Å². The summed E-state index contributed by atoms with van der Waals surface area (Å²) >= 11 is 0. The van der Waals surface area contributed by atoms with Crippen LogP contribution in [0.3, 0.4) is 0 Å². The van der Waals surface area contributed by atoms with Gasteiger partial charge in [0.2, 0.25) is 0 Å². The fourth-order valence-electron chi connectivity index (χ4n) is 3.35. The molecule has 0 aromatic carbocycles. The molecule has 0 aliphatic carbocycles. The Morgan fingerprint density at radius 1 is 0.862 bits per heavy atom. The number of primary amides is 1. The van der Waals surface area contributed by atoms with Crippen LogP contribution >= 0.6 is 0 Å². The van der Waals surface area contributed by atoms with E-state index in [1.165, 1.54) is 0 Å². The second kappa shape index (κ2) is 17.1. The number of ether oxygens (including phenoxy) is 2. The molecule has 2 aliphatic heterocycles. The molecule has 0 aromatic heterocycles. The van der Waals surface area contributed by atoms with Gasteiger partial charge in [-0.2, -0.15) is 0 Å². The average molecular weight is 416 g/mol. The highest BCUT2D eigenvalue weighted by Gasteiger charge is 2.23. The minimum Gasteiger partial charge on any atom is -0.466 e. The second-order valence-electron chi connectivity index (χ2n) is 6.98. The van der Waals surface area contributed by atoms with Gasteiger partial charge in [0.15, 0.2) is 0 Å². The van der Waals surface area contributed by atoms with Gasteiger partial charge in [0.25, 0.3) is 0 Å². The van der Waals surface area contributed by atoms with Crippen molar-refractivity contribution in [3.63, 3.8) is 0 Å². The van der Waals surface area contributed by atoms with Gasteiger partial charge in [0, 0.05) is 25.9 Å². The van der Waals surface area contributed by atoms with Crippen molar-refractivity contribution in [1.29, 1.82) is 0 Å². The largest absolute Gasteiger partial charge is 0.466 e. The lowest BCUT2D eigenvalue weighted by Gasteiger charge is -2.30. The summed E-state index contributed by atoms with van der Waals surface area (Å²) in [5.41, 5.74) is 5.16. The molecule has 0 bridgehead atoms. The molecule has 0 spiro atoms. The van der Waals surface area contributed by atoms with Gasteiger partial charge in [-0.05, 0) is 64.5 Å². The Bertz CT molecular complexity index is 459. The Labute approximate surface area is 175 Å². The Hall–Kier alpha value is -1.83. The third-order valence-corrected chi connectivity index (χ3v) is 4.91. The number of urea groups is 1. The number of piperidine rings is 2. The Morgan fingerprint density at radius 3 is 1.66 bits per heavy atom. The van der Waals surface area contributed by atoms with Gasteiger partial charge in [0.05, 0.1) is 13.2 Å². The number of nitrogens with one attached hydrogen (secondary N) is 1. The molecule has 29 heavy (non-hydrogen) atoms. The molecule has 0 atom stereocenters. The molecule has 2 heterocycles. The maximum atomic E-state index is 11.2. The fourth-order valence-corrected chi connectivity index (χ4v) is 3.35. The molecule has 0 saturated carbocycles. The number of hydrogen-bond acceptors (Lipinski definition) is 6. The lowest BCUT2D eigenvalue weighted by molar-refractivity contribution is -0.145. The van der Waals surface area contributed by atoms with E-state index in [-0.39, 0.29) is 18.0 Å². The first-order chi connectivity index (χ1) is 14.0. The topological polar surface area (TPSA) is 111 Å². The lowest BCUT2D eigenvalue weighted by atomic mass is 9.94. The average Bonchev–Trinajstić information content (AvgIpc) is 2.71. The molecule has 2 amide bonds. The molecule has 3 N–H and O–H groups in total. The maximum absolute atomic E-state index is 11.2. The van der Waals surface area contributed by atoms with Gasteiger partial charge in [-0.3, -0.25) is 9.59 Å². The summed E-state index contributed by atoms with van der Waals surface area (Å²) in [5.74, 6) is 0.698. The second-order valence-corrected chi connectivity index (χ2v) is 6.98. The van der Waals surface area contributed by atoms with Crippen LogP contribution in [-0.2, 0) is 19.1 Å². The predicted octanol–water partition coefficient (Wildman–Crippen LogP) is 2.70. The number of nitrogens with two attached hydrogens (primary N) is 1. The van der Waals surface area contributed by atoms with E-state index in [9.17, 15) is 14.4 Å². The van der Waals surface area contributed by atoms with E-state index in [1.807, 2.05) is 20.8 Å². The van der Waals surface area contributed by atoms with Crippen molar-refractivity contribution in [2.75, 3.05) is 39.4 Å². The quantitative estimate of drug-likeness (QED) is 0.645. The summed E-state index contributed by atoms with van der Waals surface area (Å²) in [6, 6.07) is -0.371. The number of hydrogen-bond donors (Lipinski definition) is 2. The highest BCUT2D eigenvalue weighted by molar-refractivity contribution is 5.72. The summed E-state index contributed by atoms with van der Waals surface area (Å²) in [7, 11) is 0. The predicted molar refractivity (Wildman–Crippen MR) is 113 cm³/mol. The Morgan fingerprint density at radius 2 is 1.28 bits per heavy atom. The van der Waals surface area contributed by atoms with Gasteiger partial charge >= 0.3 is 18.0 Å². The SMILES string of the molecule is CC.CCOC(=O)CC1CCN(C(N)=O)CC1.CCOC(=O)CC1CCNCC1. The maximum Gasteiger partial charge on any atom is 0.314 e. The van der Waals surface area contributed by atoms with Crippen molar-refractivity contribution in [2.24, 2.45) is 17.6 Å². The first-order valence-corrected chi connectivity index (χ1v) is 11.0. The summed E-state index contributed by atoms with van der Waals surface area (Å²) in [4.78, 5) is 34.7. The van der Waals surface area contributed by atoms with Crippen LogP contribution < -0.4 is 11.1 Å². The first-order valence-electron chi connectivity index (χ1n) is 11.0. The zero-order valence-electron chi connectivity index (χ0n) is 18.7. The van der Waals surface area contributed by atoms with Gasteiger partial charge in [-0.25, -0.2) is 4.79 Å². The molecular weight excluding hydrogens is 374 g/mol. The number of rotatable bonds is 6. The van der Waals surface area contributed by atoms with Crippen molar-refractivity contribution in [2.45, 2.75) is 66.2 Å². The first kappa shape index (κ1) is 27.2. The van der Waals surface area contributed by atoms with Crippen molar-refractivity contribution in [3.8, 4) is 0 Å². The van der Waals surface area contributed by atoms with Crippen LogP contribution in [0, 0.1) is 11.8 Å². The fraction of sp³-hybridized carbons (Fsp3) is 0.857. The van der Waals surface area contributed by atoms with Crippen molar-refractivity contribution < 1.29 is 23.9 Å². The molecule has 0 radical (unpaired) electrons. The summed E-state index contributed by atoms with van der Waals surface area (Å²) in [6.07, 6.45) is 4.96. The normalized spacial score (nSPS) is 17.2. The van der Waals surface area contributed by atoms with Crippen LogP contribution in [0.1, 0.15) is 66.2 Å². The summed E-state index contributed by atoms with van der Waals surface area (Å²) in [5, 5.41) is 3.27. The van der Waals surface area contributed by atoms with Gasteiger partial charge in [-0.1, -0.05) is 13.8 Å². The smallest absolute Gasteiger partial charge is 0.314 e. The van der Waals surface area contributed by atoms with Crippen molar-refractivity contribution in [3.05, 3.63) is 0 Å². The van der Waals surface area contributed by atoms with E-state index < -0.39 is 0 Å². The summed E-state index contributed by atoms with van der Waals surface area (Å²) < 4.78 is 9.76. The molecule has 2 saturated heterocycles. The monoisotopic (exact) mass is 415 g/mol. The molecule has 0 aromatic rings. The number of carbonyl (C=O) groups excluding carboxylic acids is 3. The van der Waals surface area contributed by atoms with E-state index in [2.05, 4.69) is 5.32 Å². The Kier molecular flexibility index (Phi) is 16.0. The van der Waals surface area contributed by atoms with Crippen LogP contribution in [0.25, 0.3) is 0 Å².